The van der Waals surface area contributed by atoms with E-state index in [1.54, 1.807) is 0 Å². The van der Waals surface area contributed by atoms with E-state index in [0.29, 0.717) is 18.7 Å². The van der Waals surface area contributed by atoms with E-state index < -0.39 is 0 Å². The number of likely N-dealkylation sites (tertiary alicyclic amines) is 2. The monoisotopic (exact) mass is 572 g/mol. The van der Waals surface area contributed by atoms with Crippen molar-refractivity contribution >= 4 is 17.5 Å². The lowest BCUT2D eigenvalue weighted by atomic mass is 9.95. The van der Waals surface area contributed by atoms with Gasteiger partial charge in [-0.15, -0.1) is 0 Å². The number of para-hydroxylation sites is 1. The number of anilines is 1. The van der Waals surface area contributed by atoms with E-state index in [2.05, 4.69) is 64.6 Å². The third-order valence-electron chi connectivity index (χ3n) is 9.68. The second-order valence-electron chi connectivity index (χ2n) is 12.5. The lowest BCUT2D eigenvalue weighted by Crippen LogP contribution is -2.43. The van der Waals surface area contributed by atoms with Crippen molar-refractivity contribution in [1.29, 1.82) is 0 Å². The Balaban J connectivity index is 1.18. The van der Waals surface area contributed by atoms with Crippen molar-refractivity contribution in [2.75, 3.05) is 31.1 Å². The van der Waals surface area contributed by atoms with Crippen LogP contribution in [0.5, 0.6) is 0 Å². The molecule has 3 aromatic carbocycles. The largest absolute Gasteiger partial charge is 0.334 e. The Morgan fingerprint density at radius 3 is 2.33 bits per heavy atom. The summed E-state index contributed by atoms with van der Waals surface area (Å²) >= 11 is 0. The van der Waals surface area contributed by atoms with E-state index in [9.17, 15) is 9.59 Å². The van der Waals surface area contributed by atoms with Gasteiger partial charge < -0.3 is 19.3 Å². The number of hydrogen-bond donors (Lipinski definition) is 0. The first-order valence-corrected chi connectivity index (χ1v) is 15.8. The smallest absolute Gasteiger partial charge is 0.270 e. The zero-order valence-corrected chi connectivity index (χ0v) is 25.3. The van der Waals surface area contributed by atoms with Crippen molar-refractivity contribution in [2.45, 2.75) is 58.7 Å². The standard InChI is InChI=1S/C37H40N4O2/c1-26-10-3-5-13-32(26)33-17-15-28(22-27(33)2)36(42)41-25-31-16-18-35(40(31)23-29-11-4-6-14-34(29)41)37(43)39-21-9-12-30(39)24-38-19-7-8-20-38/h3-6,10-11,13-18,22,30H,7-9,12,19-21,23-25H2,1-2H3/t30-/m0/s1. The second kappa shape index (κ2) is 11.5. The van der Waals surface area contributed by atoms with Crippen LogP contribution >= 0.6 is 0 Å². The summed E-state index contributed by atoms with van der Waals surface area (Å²) in [6, 6.07) is 26.8. The molecule has 0 N–H and O–H groups in total. The Bertz CT molecular complexity index is 1680. The maximum absolute atomic E-state index is 14.2. The predicted octanol–water partition coefficient (Wildman–Crippen LogP) is 6.68. The van der Waals surface area contributed by atoms with Gasteiger partial charge in [-0.3, -0.25) is 9.59 Å². The third-order valence-corrected chi connectivity index (χ3v) is 9.68. The van der Waals surface area contributed by atoms with Crippen LogP contribution in [0.1, 0.15) is 68.9 Å². The number of aryl methyl sites for hydroxylation is 2. The highest BCUT2D eigenvalue weighted by atomic mass is 16.2. The van der Waals surface area contributed by atoms with E-state index in [0.717, 1.165) is 72.8 Å². The summed E-state index contributed by atoms with van der Waals surface area (Å²) < 4.78 is 2.15. The van der Waals surface area contributed by atoms with Gasteiger partial charge in [0.2, 0.25) is 0 Å². The van der Waals surface area contributed by atoms with Crippen LogP contribution in [0.3, 0.4) is 0 Å². The Morgan fingerprint density at radius 2 is 1.51 bits per heavy atom. The Morgan fingerprint density at radius 1 is 0.744 bits per heavy atom. The summed E-state index contributed by atoms with van der Waals surface area (Å²) in [7, 11) is 0. The average Bonchev–Trinajstić information content (AvgIpc) is 3.77. The van der Waals surface area contributed by atoms with Crippen LogP contribution in [-0.4, -0.2) is 58.4 Å². The quantitative estimate of drug-likeness (QED) is 0.268. The van der Waals surface area contributed by atoms with E-state index in [4.69, 9.17) is 0 Å². The molecule has 0 saturated carbocycles. The molecular formula is C37H40N4O2. The lowest BCUT2D eigenvalue weighted by molar-refractivity contribution is 0.0698. The lowest BCUT2D eigenvalue weighted by Gasteiger charge is -2.29. The van der Waals surface area contributed by atoms with E-state index >= 15 is 0 Å². The van der Waals surface area contributed by atoms with Crippen LogP contribution < -0.4 is 4.90 Å². The summed E-state index contributed by atoms with van der Waals surface area (Å²) in [5.41, 5.74) is 8.96. The van der Waals surface area contributed by atoms with Crippen LogP contribution in [0.4, 0.5) is 5.69 Å². The fourth-order valence-corrected chi connectivity index (χ4v) is 7.36. The highest BCUT2D eigenvalue weighted by Gasteiger charge is 2.34. The van der Waals surface area contributed by atoms with Gasteiger partial charge in [-0.25, -0.2) is 0 Å². The van der Waals surface area contributed by atoms with Gasteiger partial charge in [0.15, 0.2) is 0 Å². The zero-order chi connectivity index (χ0) is 29.5. The second-order valence-corrected chi connectivity index (χ2v) is 12.5. The van der Waals surface area contributed by atoms with Crippen molar-refractivity contribution in [3.05, 3.63) is 113 Å². The van der Waals surface area contributed by atoms with Gasteiger partial charge in [-0.1, -0.05) is 48.5 Å². The maximum Gasteiger partial charge on any atom is 0.270 e. The highest BCUT2D eigenvalue weighted by Crippen LogP contribution is 2.33. The molecule has 1 atom stereocenters. The molecule has 3 aliphatic heterocycles. The Labute approximate surface area is 254 Å². The minimum atomic E-state index is -0.0281. The molecule has 1 aromatic heterocycles. The fraction of sp³-hybridized carbons (Fsp3) is 0.351. The summed E-state index contributed by atoms with van der Waals surface area (Å²) in [5.74, 6) is 0.0900. The van der Waals surface area contributed by atoms with Crippen LogP contribution in [0.2, 0.25) is 0 Å². The molecular weight excluding hydrogens is 532 g/mol. The zero-order valence-electron chi connectivity index (χ0n) is 25.3. The van der Waals surface area contributed by atoms with Crippen molar-refractivity contribution in [3.8, 4) is 11.1 Å². The van der Waals surface area contributed by atoms with Gasteiger partial charge in [0.25, 0.3) is 11.8 Å². The Kier molecular flexibility index (Phi) is 7.39. The van der Waals surface area contributed by atoms with Gasteiger partial charge in [0.05, 0.1) is 13.1 Å². The number of aromatic nitrogens is 1. The van der Waals surface area contributed by atoms with Gasteiger partial charge >= 0.3 is 0 Å². The molecule has 43 heavy (non-hydrogen) atoms. The van der Waals surface area contributed by atoms with Crippen LogP contribution in [0, 0.1) is 13.8 Å². The third kappa shape index (κ3) is 5.18. The summed E-state index contributed by atoms with van der Waals surface area (Å²) in [6.45, 7) is 9.27. The molecule has 3 aliphatic rings. The molecule has 2 amide bonds. The average molecular weight is 573 g/mol. The van der Waals surface area contributed by atoms with Gasteiger partial charge in [-0.2, -0.15) is 0 Å². The van der Waals surface area contributed by atoms with Gasteiger partial charge in [0.1, 0.15) is 5.69 Å². The number of carbonyl (C=O) groups excluding carboxylic acids is 2. The minimum absolute atomic E-state index is 0.0281. The molecule has 2 saturated heterocycles. The number of nitrogens with zero attached hydrogens (tertiary/aromatic N) is 4. The summed E-state index contributed by atoms with van der Waals surface area (Å²) in [4.78, 5) is 34.7. The first-order valence-electron chi connectivity index (χ1n) is 15.8. The molecule has 0 aliphatic carbocycles. The number of amides is 2. The molecule has 4 aromatic rings. The van der Waals surface area contributed by atoms with Crippen molar-refractivity contribution in [1.82, 2.24) is 14.4 Å². The summed E-state index contributed by atoms with van der Waals surface area (Å²) in [5, 5.41) is 0. The normalized spacial score (nSPS) is 18.4. The van der Waals surface area contributed by atoms with Crippen LogP contribution in [0.25, 0.3) is 11.1 Å². The fourth-order valence-electron chi connectivity index (χ4n) is 7.36. The molecule has 0 bridgehead atoms. The number of hydrogen-bond acceptors (Lipinski definition) is 3. The molecule has 6 heteroatoms. The van der Waals surface area contributed by atoms with Crippen molar-refractivity contribution in [2.24, 2.45) is 0 Å². The molecule has 0 spiro atoms. The van der Waals surface area contributed by atoms with Gasteiger partial charge in [0, 0.05) is 36.1 Å². The van der Waals surface area contributed by atoms with Crippen LogP contribution in [0.15, 0.2) is 78.9 Å². The van der Waals surface area contributed by atoms with Crippen LogP contribution in [-0.2, 0) is 13.1 Å². The molecule has 0 unspecified atom stereocenters. The number of carbonyl (C=O) groups is 2. The van der Waals surface area contributed by atoms with Crippen molar-refractivity contribution < 1.29 is 9.59 Å². The Hall–Kier alpha value is -4.16. The molecule has 2 fully saturated rings. The molecule has 0 radical (unpaired) electrons. The van der Waals surface area contributed by atoms with E-state index in [1.807, 2.05) is 47.4 Å². The van der Waals surface area contributed by atoms with E-state index in [-0.39, 0.29) is 17.9 Å². The first-order chi connectivity index (χ1) is 21.0. The van der Waals surface area contributed by atoms with Crippen molar-refractivity contribution in [3.63, 3.8) is 0 Å². The number of fused-ring (bicyclic) bond motifs is 2. The molecule has 220 valence electrons. The topological polar surface area (TPSA) is 48.8 Å². The molecule has 7 rings (SSSR count). The first kappa shape index (κ1) is 27.7. The molecule has 4 heterocycles. The SMILES string of the molecule is Cc1ccccc1-c1ccc(C(=O)N2Cc3ccc(C(=O)N4CCC[C@H]4CN4CCCC4)n3Cc3ccccc32)cc1C. The maximum atomic E-state index is 14.2. The predicted molar refractivity (Wildman–Crippen MR) is 172 cm³/mol. The highest BCUT2D eigenvalue weighted by molar-refractivity contribution is 6.07. The van der Waals surface area contributed by atoms with Gasteiger partial charge in [-0.05, 0) is 111 Å². The summed E-state index contributed by atoms with van der Waals surface area (Å²) in [6.07, 6.45) is 4.66. The minimum Gasteiger partial charge on any atom is -0.334 e. The van der Waals surface area contributed by atoms with E-state index in [1.165, 1.54) is 24.0 Å². The number of rotatable bonds is 5. The number of benzene rings is 3. The molecule has 6 nitrogen and oxygen atoms in total.